The van der Waals surface area contributed by atoms with Crippen molar-refractivity contribution >= 4 is 17.6 Å². The topological polar surface area (TPSA) is 94.2 Å². The first-order chi connectivity index (χ1) is 21.4. The molecule has 0 aliphatic carbocycles. The molecule has 0 bridgehead atoms. The maximum atomic E-state index is 13.8. The quantitative estimate of drug-likeness (QED) is 0.175. The van der Waals surface area contributed by atoms with Crippen molar-refractivity contribution in [3.8, 4) is 17.2 Å². The van der Waals surface area contributed by atoms with Crippen LogP contribution >= 0.6 is 0 Å². The number of piperidine rings is 1. The first kappa shape index (κ1) is 32.6. The Bertz CT molecular complexity index is 1310. The van der Waals surface area contributed by atoms with E-state index in [4.69, 9.17) is 14.2 Å². The molecule has 1 aliphatic heterocycles. The average molecular weight is 601 g/mol. The summed E-state index contributed by atoms with van der Waals surface area (Å²) in [6.45, 7) is 0.347. The van der Waals surface area contributed by atoms with E-state index in [-0.39, 0.29) is 29.0 Å². The molecule has 8 nitrogen and oxygen atoms in total. The largest absolute Gasteiger partial charge is 0.493 e. The number of hydrogen-bond acceptors (Lipinski definition) is 6. The number of hydrogen-bond donors (Lipinski definition) is 1. The van der Waals surface area contributed by atoms with Gasteiger partial charge < -0.3 is 24.4 Å². The maximum absolute atomic E-state index is 13.8. The molecule has 1 atom stereocenters. The number of benzene rings is 3. The highest BCUT2D eigenvalue weighted by molar-refractivity contribution is 6.43. The molecule has 0 radical (unpaired) electrons. The van der Waals surface area contributed by atoms with Crippen LogP contribution in [0.15, 0.2) is 72.8 Å². The van der Waals surface area contributed by atoms with Crippen LogP contribution in [0.25, 0.3) is 0 Å². The second-order valence-corrected chi connectivity index (χ2v) is 11.2. The number of nitrogens with zero attached hydrogens (tertiary/aromatic N) is 1. The molecule has 1 N–H and O–H groups in total. The molecule has 3 aromatic carbocycles. The summed E-state index contributed by atoms with van der Waals surface area (Å²) < 4.78 is 16.1. The number of carbonyl (C=O) groups excluding carboxylic acids is 3. The second kappa shape index (κ2) is 16.5. The zero-order valence-corrected chi connectivity index (χ0v) is 26.1. The normalized spacial score (nSPS) is 14.6. The van der Waals surface area contributed by atoms with Crippen molar-refractivity contribution in [1.82, 2.24) is 10.2 Å². The molecular formula is C36H44N2O6. The van der Waals surface area contributed by atoms with Gasteiger partial charge in [-0.2, -0.15) is 0 Å². The van der Waals surface area contributed by atoms with Gasteiger partial charge in [-0.05, 0) is 81.0 Å². The fraction of sp³-hybridized carbons (Fsp3) is 0.417. The van der Waals surface area contributed by atoms with E-state index < -0.39 is 17.7 Å². The van der Waals surface area contributed by atoms with Crippen LogP contribution < -0.4 is 19.5 Å². The zero-order chi connectivity index (χ0) is 31.3. The van der Waals surface area contributed by atoms with Gasteiger partial charge in [0.1, 0.15) is 6.04 Å². The minimum Gasteiger partial charge on any atom is -0.493 e. The Labute approximate surface area is 260 Å². The molecule has 3 aromatic rings. The Hall–Kier alpha value is -4.33. The van der Waals surface area contributed by atoms with Gasteiger partial charge in [0.15, 0.2) is 11.5 Å². The van der Waals surface area contributed by atoms with Crippen LogP contribution in [0.2, 0.25) is 0 Å². The summed E-state index contributed by atoms with van der Waals surface area (Å²) in [7, 11) is 4.38. The van der Waals surface area contributed by atoms with Crippen LogP contribution in [0.3, 0.4) is 0 Å². The van der Waals surface area contributed by atoms with Crippen molar-refractivity contribution in [2.75, 3.05) is 27.9 Å². The molecule has 0 saturated carbocycles. The van der Waals surface area contributed by atoms with Crippen LogP contribution in [0.4, 0.5) is 0 Å². The molecule has 8 heteroatoms. The molecule has 1 aliphatic rings. The minimum atomic E-state index is -0.716. The molecule has 1 heterocycles. The molecule has 1 fully saturated rings. The van der Waals surface area contributed by atoms with E-state index in [2.05, 4.69) is 29.6 Å². The lowest BCUT2D eigenvalue weighted by molar-refractivity contribution is -0.139. The molecule has 0 aromatic heterocycles. The highest BCUT2D eigenvalue weighted by atomic mass is 16.5. The number of aryl methyl sites for hydroxylation is 2. The summed E-state index contributed by atoms with van der Waals surface area (Å²) in [6.07, 6.45) is 7.47. The summed E-state index contributed by atoms with van der Waals surface area (Å²) in [5.41, 5.74) is 2.67. The van der Waals surface area contributed by atoms with Crippen molar-refractivity contribution in [1.29, 1.82) is 0 Å². The number of carbonyl (C=O) groups is 3. The maximum Gasteiger partial charge on any atom is 0.295 e. The Balaban J connectivity index is 1.45. The van der Waals surface area contributed by atoms with Gasteiger partial charge in [-0.1, -0.05) is 60.7 Å². The fourth-order valence-electron chi connectivity index (χ4n) is 5.89. The van der Waals surface area contributed by atoms with E-state index in [9.17, 15) is 14.4 Å². The zero-order valence-electron chi connectivity index (χ0n) is 26.1. The van der Waals surface area contributed by atoms with Crippen molar-refractivity contribution in [2.45, 2.75) is 69.9 Å². The molecule has 4 rings (SSSR count). The van der Waals surface area contributed by atoms with E-state index in [1.807, 2.05) is 36.4 Å². The third-order valence-corrected chi connectivity index (χ3v) is 8.26. The van der Waals surface area contributed by atoms with Gasteiger partial charge in [-0.25, -0.2) is 0 Å². The molecule has 0 spiro atoms. The van der Waals surface area contributed by atoms with Gasteiger partial charge in [0, 0.05) is 18.2 Å². The molecular weight excluding hydrogens is 556 g/mol. The predicted molar refractivity (Wildman–Crippen MR) is 170 cm³/mol. The number of nitrogens with one attached hydrogen (secondary N) is 1. The fourth-order valence-corrected chi connectivity index (χ4v) is 5.89. The monoisotopic (exact) mass is 600 g/mol. The number of amides is 2. The highest BCUT2D eigenvalue weighted by Crippen LogP contribution is 2.38. The third kappa shape index (κ3) is 8.62. The van der Waals surface area contributed by atoms with Crippen LogP contribution in [0, 0.1) is 0 Å². The molecule has 2 amide bonds. The minimum absolute atomic E-state index is 0.0281. The van der Waals surface area contributed by atoms with Crippen LogP contribution in [0.1, 0.15) is 66.4 Å². The smallest absolute Gasteiger partial charge is 0.295 e. The molecule has 234 valence electrons. The Morgan fingerprint density at radius 3 is 1.84 bits per heavy atom. The summed E-state index contributed by atoms with van der Waals surface area (Å²) in [5, 5.41) is 3.27. The van der Waals surface area contributed by atoms with Gasteiger partial charge >= 0.3 is 0 Å². The number of methoxy groups -OCH3 is 3. The lowest BCUT2D eigenvalue weighted by Gasteiger charge is -2.35. The average Bonchev–Trinajstić information content (AvgIpc) is 3.07. The lowest BCUT2D eigenvalue weighted by atomic mass is 9.96. The Morgan fingerprint density at radius 2 is 1.34 bits per heavy atom. The summed E-state index contributed by atoms with van der Waals surface area (Å²) in [4.78, 5) is 42.2. The highest BCUT2D eigenvalue weighted by Gasteiger charge is 2.36. The van der Waals surface area contributed by atoms with Crippen LogP contribution in [-0.4, -0.2) is 62.5 Å². The van der Waals surface area contributed by atoms with E-state index in [1.54, 1.807) is 0 Å². The molecule has 0 unspecified atom stereocenters. The lowest BCUT2D eigenvalue weighted by Crippen LogP contribution is -2.55. The number of Topliss-reactive ketones (excluding diaryl/α,β-unsaturated/α-hetero) is 1. The SMILES string of the molecule is COc1cc(C(=O)C(=O)N2CCCC[C@H]2C(=O)NC(CCCc2ccccc2)CCCc2ccccc2)cc(OC)c1OC. The van der Waals surface area contributed by atoms with Crippen LogP contribution in [0.5, 0.6) is 17.2 Å². The summed E-state index contributed by atoms with van der Waals surface area (Å²) >= 11 is 0. The molecule has 1 saturated heterocycles. The van der Waals surface area contributed by atoms with Gasteiger partial charge in [0.25, 0.3) is 11.7 Å². The second-order valence-electron chi connectivity index (χ2n) is 11.2. The van der Waals surface area contributed by atoms with Crippen molar-refractivity contribution in [3.63, 3.8) is 0 Å². The summed E-state index contributed by atoms with van der Waals surface area (Å²) in [6, 6.07) is 22.9. The van der Waals surface area contributed by atoms with Gasteiger partial charge in [0.05, 0.1) is 21.3 Å². The Morgan fingerprint density at radius 1 is 0.795 bits per heavy atom. The third-order valence-electron chi connectivity index (χ3n) is 8.26. The summed E-state index contributed by atoms with van der Waals surface area (Å²) in [5.74, 6) is -0.718. The van der Waals surface area contributed by atoms with E-state index >= 15 is 0 Å². The van der Waals surface area contributed by atoms with Gasteiger partial charge in [-0.3, -0.25) is 14.4 Å². The van der Waals surface area contributed by atoms with E-state index in [0.29, 0.717) is 18.7 Å². The van der Waals surface area contributed by atoms with E-state index in [1.165, 1.54) is 49.5 Å². The number of likely N-dealkylation sites (tertiary alicyclic amines) is 1. The first-order valence-corrected chi connectivity index (χ1v) is 15.5. The number of ketones is 1. The van der Waals surface area contributed by atoms with Gasteiger partial charge in [0.2, 0.25) is 11.7 Å². The Kier molecular flexibility index (Phi) is 12.2. The van der Waals surface area contributed by atoms with Crippen molar-refractivity contribution in [3.05, 3.63) is 89.5 Å². The van der Waals surface area contributed by atoms with Crippen molar-refractivity contribution in [2.24, 2.45) is 0 Å². The standard InChI is InChI=1S/C36H44N2O6/c1-42-31-24-28(25-32(43-2)34(31)44-3)33(39)36(41)38-23-11-10-22-30(38)35(40)37-29(20-12-18-26-14-6-4-7-15-26)21-13-19-27-16-8-5-9-17-27/h4-9,14-17,24-25,29-30H,10-13,18-23H2,1-3H3,(H,37,40)/t30-/m0/s1. The van der Waals surface area contributed by atoms with Crippen LogP contribution in [-0.2, 0) is 22.4 Å². The van der Waals surface area contributed by atoms with Gasteiger partial charge in [-0.15, -0.1) is 0 Å². The van der Waals surface area contributed by atoms with Crippen molar-refractivity contribution < 1.29 is 28.6 Å². The number of ether oxygens (including phenoxy) is 3. The predicted octanol–water partition coefficient (Wildman–Crippen LogP) is 5.81. The first-order valence-electron chi connectivity index (χ1n) is 15.5. The molecule has 44 heavy (non-hydrogen) atoms. The van der Waals surface area contributed by atoms with E-state index in [0.717, 1.165) is 51.4 Å². The number of rotatable bonds is 15.